The third-order valence-corrected chi connectivity index (χ3v) is 2.85. The zero-order valence-electron chi connectivity index (χ0n) is 8.61. The molecule has 2 heterocycles. The quantitative estimate of drug-likeness (QED) is 0.716. The number of H-pyrrole nitrogens is 1. The van der Waals surface area contributed by atoms with Crippen molar-refractivity contribution in [2.45, 2.75) is 0 Å². The second-order valence-electron chi connectivity index (χ2n) is 3.59. The Balaban J connectivity index is 2.26. The summed E-state index contributed by atoms with van der Waals surface area (Å²) >= 11 is 5.65. The van der Waals surface area contributed by atoms with Crippen LogP contribution in [0.15, 0.2) is 36.8 Å². The van der Waals surface area contributed by atoms with Gasteiger partial charge in [0.1, 0.15) is 17.8 Å². The van der Waals surface area contributed by atoms with Crippen LogP contribution in [0, 0.1) is 5.82 Å². The fraction of sp³-hybridized carbons (Fsp3) is 0. The maximum absolute atomic E-state index is 13.4. The van der Waals surface area contributed by atoms with Gasteiger partial charge in [0, 0.05) is 17.1 Å². The normalized spacial score (nSPS) is 10.9. The fourth-order valence-corrected chi connectivity index (χ4v) is 1.86. The smallest absolute Gasteiger partial charge is 0.142 e. The van der Waals surface area contributed by atoms with E-state index in [4.69, 9.17) is 11.6 Å². The molecule has 0 aliphatic carbocycles. The molecule has 17 heavy (non-hydrogen) atoms. The van der Waals surface area contributed by atoms with Gasteiger partial charge in [0.25, 0.3) is 0 Å². The first-order valence-electron chi connectivity index (χ1n) is 4.99. The second kappa shape index (κ2) is 3.82. The van der Waals surface area contributed by atoms with Crippen molar-refractivity contribution >= 4 is 22.6 Å². The van der Waals surface area contributed by atoms with Crippen molar-refractivity contribution in [2.24, 2.45) is 0 Å². The lowest BCUT2D eigenvalue weighted by atomic mass is 10.1. The molecule has 0 unspecified atom stereocenters. The summed E-state index contributed by atoms with van der Waals surface area (Å²) in [4.78, 5) is 11.2. The minimum atomic E-state index is -0.452. The summed E-state index contributed by atoms with van der Waals surface area (Å²) in [5, 5.41) is 0.961. The molecule has 3 nitrogen and oxygen atoms in total. The number of benzene rings is 1. The molecular formula is C12H7ClFN3. The number of rotatable bonds is 1. The number of halogens is 2. The SMILES string of the molecule is Fc1cc(-c2ncnc3[nH]ccc23)ccc1Cl. The summed E-state index contributed by atoms with van der Waals surface area (Å²) in [5.74, 6) is -0.452. The molecule has 3 aromatic rings. The van der Waals surface area contributed by atoms with Crippen LogP contribution >= 0.6 is 11.6 Å². The van der Waals surface area contributed by atoms with Crippen LogP contribution in [0.4, 0.5) is 4.39 Å². The lowest BCUT2D eigenvalue weighted by Crippen LogP contribution is -1.88. The predicted molar refractivity (Wildman–Crippen MR) is 64.3 cm³/mol. The largest absolute Gasteiger partial charge is 0.346 e. The minimum Gasteiger partial charge on any atom is -0.346 e. The number of aromatic amines is 1. The number of hydrogen-bond acceptors (Lipinski definition) is 2. The molecule has 0 aliphatic heterocycles. The molecule has 0 atom stereocenters. The Kier molecular flexibility index (Phi) is 2.30. The highest BCUT2D eigenvalue weighted by atomic mass is 35.5. The van der Waals surface area contributed by atoms with Gasteiger partial charge in [0.05, 0.1) is 10.7 Å². The van der Waals surface area contributed by atoms with E-state index in [0.717, 1.165) is 11.0 Å². The van der Waals surface area contributed by atoms with Gasteiger partial charge in [-0.1, -0.05) is 17.7 Å². The van der Waals surface area contributed by atoms with Crippen molar-refractivity contribution in [3.63, 3.8) is 0 Å². The van der Waals surface area contributed by atoms with Gasteiger partial charge in [0.15, 0.2) is 0 Å². The highest BCUT2D eigenvalue weighted by Gasteiger charge is 2.09. The zero-order chi connectivity index (χ0) is 11.8. The van der Waals surface area contributed by atoms with Gasteiger partial charge >= 0.3 is 0 Å². The van der Waals surface area contributed by atoms with Crippen LogP contribution in [0.1, 0.15) is 0 Å². The molecule has 0 radical (unpaired) electrons. The van der Waals surface area contributed by atoms with Gasteiger partial charge in [-0.2, -0.15) is 0 Å². The van der Waals surface area contributed by atoms with E-state index in [0.29, 0.717) is 11.3 Å². The Morgan fingerprint density at radius 1 is 1.18 bits per heavy atom. The highest BCUT2D eigenvalue weighted by molar-refractivity contribution is 6.30. The molecule has 0 aliphatic rings. The fourth-order valence-electron chi connectivity index (χ4n) is 1.75. The van der Waals surface area contributed by atoms with E-state index in [1.54, 1.807) is 12.3 Å². The molecule has 0 bridgehead atoms. The standard InChI is InChI=1S/C12H7ClFN3/c13-9-2-1-7(5-10(9)14)11-8-3-4-15-12(8)17-6-16-11/h1-6H,(H,15,16,17). The molecule has 3 rings (SSSR count). The summed E-state index contributed by atoms with van der Waals surface area (Å²) < 4.78 is 13.4. The van der Waals surface area contributed by atoms with Crippen LogP contribution < -0.4 is 0 Å². The van der Waals surface area contributed by atoms with E-state index in [2.05, 4.69) is 15.0 Å². The van der Waals surface area contributed by atoms with Crippen molar-refractivity contribution in [3.8, 4) is 11.3 Å². The molecule has 0 saturated carbocycles. The van der Waals surface area contributed by atoms with Crippen LogP contribution in [-0.4, -0.2) is 15.0 Å². The number of fused-ring (bicyclic) bond motifs is 1. The summed E-state index contributed by atoms with van der Waals surface area (Å²) in [6.07, 6.45) is 3.22. The monoisotopic (exact) mass is 247 g/mol. The zero-order valence-corrected chi connectivity index (χ0v) is 9.37. The lowest BCUT2D eigenvalue weighted by Gasteiger charge is -2.03. The number of aromatic nitrogens is 3. The maximum Gasteiger partial charge on any atom is 0.142 e. The van der Waals surface area contributed by atoms with Gasteiger partial charge in [-0.15, -0.1) is 0 Å². The highest BCUT2D eigenvalue weighted by Crippen LogP contribution is 2.27. The number of nitrogens with one attached hydrogen (secondary N) is 1. The molecule has 1 aromatic carbocycles. The van der Waals surface area contributed by atoms with Gasteiger partial charge in [-0.25, -0.2) is 14.4 Å². The molecule has 84 valence electrons. The molecule has 0 amide bonds. The Hall–Kier alpha value is -1.94. The maximum atomic E-state index is 13.4. The van der Waals surface area contributed by atoms with Crippen LogP contribution in [-0.2, 0) is 0 Å². The second-order valence-corrected chi connectivity index (χ2v) is 4.00. The predicted octanol–water partition coefficient (Wildman–Crippen LogP) is 3.42. The van der Waals surface area contributed by atoms with E-state index in [1.807, 2.05) is 6.07 Å². The Morgan fingerprint density at radius 2 is 2.06 bits per heavy atom. The molecule has 0 saturated heterocycles. The molecule has 1 N–H and O–H groups in total. The van der Waals surface area contributed by atoms with Gasteiger partial charge in [-0.3, -0.25) is 0 Å². The summed E-state index contributed by atoms with van der Waals surface area (Å²) in [6.45, 7) is 0. The first kappa shape index (κ1) is 10.2. The van der Waals surface area contributed by atoms with E-state index in [-0.39, 0.29) is 5.02 Å². The summed E-state index contributed by atoms with van der Waals surface area (Å²) in [6, 6.07) is 6.49. The van der Waals surface area contributed by atoms with Crippen molar-refractivity contribution in [2.75, 3.05) is 0 Å². The van der Waals surface area contributed by atoms with Crippen LogP contribution in [0.5, 0.6) is 0 Å². The Labute approximate surface area is 101 Å². The van der Waals surface area contributed by atoms with Gasteiger partial charge in [0.2, 0.25) is 0 Å². The van der Waals surface area contributed by atoms with Crippen molar-refractivity contribution < 1.29 is 4.39 Å². The third kappa shape index (κ3) is 1.66. The van der Waals surface area contributed by atoms with E-state index >= 15 is 0 Å². The molecule has 2 aromatic heterocycles. The van der Waals surface area contributed by atoms with Crippen LogP contribution in [0.2, 0.25) is 5.02 Å². The van der Waals surface area contributed by atoms with E-state index < -0.39 is 5.82 Å². The van der Waals surface area contributed by atoms with Crippen molar-refractivity contribution in [3.05, 3.63) is 47.6 Å². The molecule has 0 fully saturated rings. The van der Waals surface area contributed by atoms with Gasteiger partial charge in [-0.05, 0) is 18.2 Å². The average Bonchev–Trinajstić information content (AvgIpc) is 2.80. The first-order valence-corrected chi connectivity index (χ1v) is 5.37. The lowest BCUT2D eigenvalue weighted by molar-refractivity contribution is 0.628. The minimum absolute atomic E-state index is 0.105. The summed E-state index contributed by atoms with van der Waals surface area (Å²) in [7, 11) is 0. The first-order chi connectivity index (χ1) is 8.25. The number of hydrogen-bond donors (Lipinski definition) is 1. The third-order valence-electron chi connectivity index (χ3n) is 2.55. The average molecular weight is 248 g/mol. The van der Waals surface area contributed by atoms with Crippen molar-refractivity contribution in [1.82, 2.24) is 15.0 Å². The van der Waals surface area contributed by atoms with Crippen LogP contribution in [0.3, 0.4) is 0 Å². The van der Waals surface area contributed by atoms with E-state index in [1.165, 1.54) is 18.5 Å². The van der Waals surface area contributed by atoms with Crippen molar-refractivity contribution in [1.29, 1.82) is 0 Å². The molecule has 0 spiro atoms. The number of nitrogens with zero attached hydrogens (tertiary/aromatic N) is 2. The summed E-state index contributed by atoms with van der Waals surface area (Å²) in [5.41, 5.74) is 2.09. The Bertz CT molecular complexity index is 693. The van der Waals surface area contributed by atoms with E-state index in [9.17, 15) is 4.39 Å². The Morgan fingerprint density at radius 3 is 2.88 bits per heavy atom. The van der Waals surface area contributed by atoms with Crippen LogP contribution in [0.25, 0.3) is 22.3 Å². The molecular weight excluding hydrogens is 241 g/mol. The topological polar surface area (TPSA) is 41.6 Å². The molecule has 5 heteroatoms. The van der Waals surface area contributed by atoms with Gasteiger partial charge < -0.3 is 4.98 Å².